The van der Waals surface area contributed by atoms with E-state index < -0.39 is 0 Å². The predicted molar refractivity (Wildman–Crippen MR) is 131 cm³/mol. The molecular weight excluding hydrogens is 424 g/mol. The van der Waals surface area contributed by atoms with Crippen LogP contribution in [0, 0.1) is 13.8 Å². The first-order chi connectivity index (χ1) is 15.0. The van der Waals surface area contributed by atoms with E-state index in [0.717, 1.165) is 21.9 Å². The minimum Gasteiger partial charge on any atom is -0.350 e. The zero-order chi connectivity index (χ0) is 22.1. The van der Waals surface area contributed by atoms with Gasteiger partial charge in [-0.05, 0) is 49.1 Å². The maximum atomic E-state index is 12.8. The third-order valence-corrected chi connectivity index (χ3v) is 6.41. The Bertz CT molecular complexity index is 1020. The Hall–Kier alpha value is -2.83. The number of hydrogen-bond donors (Lipinski definition) is 2. The summed E-state index contributed by atoms with van der Waals surface area (Å²) in [5.74, 6) is 1.10. The molecule has 4 nitrogen and oxygen atoms in total. The molecule has 0 aliphatic heterocycles. The first kappa shape index (κ1) is 22.8. The van der Waals surface area contributed by atoms with E-state index in [9.17, 15) is 9.59 Å². The monoisotopic (exact) mass is 450 g/mol. The molecule has 1 aromatic heterocycles. The summed E-state index contributed by atoms with van der Waals surface area (Å²) < 4.78 is 0. The maximum absolute atomic E-state index is 12.8. The topological polar surface area (TPSA) is 58.2 Å². The van der Waals surface area contributed by atoms with Gasteiger partial charge in [-0.25, -0.2) is 0 Å². The van der Waals surface area contributed by atoms with Crippen molar-refractivity contribution in [1.29, 1.82) is 0 Å². The van der Waals surface area contributed by atoms with Gasteiger partial charge < -0.3 is 10.6 Å². The second-order valence-corrected chi connectivity index (χ2v) is 9.27. The molecule has 0 radical (unpaired) electrons. The van der Waals surface area contributed by atoms with Gasteiger partial charge in [-0.2, -0.15) is 11.8 Å². The van der Waals surface area contributed by atoms with Gasteiger partial charge in [0.2, 0.25) is 0 Å². The number of hydrogen-bond acceptors (Lipinski definition) is 4. The van der Waals surface area contributed by atoms with Gasteiger partial charge >= 0.3 is 0 Å². The fraction of sp³-hybridized carbons (Fsp3) is 0.200. The number of carbonyl (C=O) groups is 2. The molecule has 0 bridgehead atoms. The zero-order valence-corrected chi connectivity index (χ0v) is 19.3. The number of thiophene rings is 1. The van der Waals surface area contributed by atoms with Crippen molar-refractivity contribution in [2.24, 2.45) is 0 Å². The number of aryl methyl sites for hydroxylation is 2. The van der Waals surface area contributed by atoms with Crippen LogP contribution in [0.15, 0.2) is 71.7 Å². The average Bonchev–Trinajstić information content (AvgIpc) is 3.28. The Morgan fingerprint density at radius 2 is 1.65 bits per heavy atom. The molecule has 0 spiro atoms. The van der Waals surface area contributed by atoms with Crippen molar-refractivity contribution in [3.05, 3.63) is 98.9 Å². The Kier molecular flexibility index (Phi) is 8.50. The average molecular weight is 451 g/mol. The van der Waals surface area contributed by atoms with Crippen LogP contribution >= 0.6 is 23.1 Å². The highest BCUT2D eigenvalue weighted by Crippen LogP contribution is 2.14. The van der Waals surface area contributed by atoms with Gasteiger partial charge in [-0.1, -0.05) is 53.6 Å². The smallest absolute Gasteiger partial charge is 0.267 e. The van der Waals surface area contributed by atoms with E-state index in [2.05, 4.69) is 41.8 Å². The van der Waals surface area contributed by atoms with Crippen molar-refractivity contribution in [3.63, 3.8) is 0 Å². The number of amides is 2. The Morgan fingerprint density at radius 3 is 2.29 bits per heavy atom. The standard InChI is InChI=1S/C25H26N2O2S2/c1-18-5-9-20(10-6-18)17-30-15-13-26-25(29)23(16-22-4-3-14-31-22)27-24(28)21-11-7-19(2)8-12-21/h3-12,14,16H,13,15,17H2,1-2H3,(H,26,29)(H,27,28)/b23-16-. The number of carbonyl (C=O) groups excluding carboxylic acids is 2. The van der Waals surface area contributed by atoms with Crippen LogP contribution in [-0.2, 0) is 10.5 Å². The van der Waals surface area contributed by atoms with Gasteiger partial charge in [0.15, 0.2) is 0 Å². The lowest BCUT2D eigenvalue weighted by atomic mass is 10.1. The van der Waals surface area contributed by atoms with Crippen LogP contribution in [-0.4, -0.2) is 24.1 Å². The van der Waals surface area contributed by atoms with E-state index in [-0.39, 0.29) is 17.5 Å². The van der Waals surface area contributed by atoms with Crippen molar-refractivity contribution < 1.29 is 9.59 Å². The molecule has 6 heteroatoms. The van der Waals surface area contributed by atoms with E-state index >= 15 is 0 Å². The van der Waals surface area contributed by atoms with Gasteiger partial charge in [-0.3, -0.25) is 9.59 Å². The quantitative estimate of drug-likeness (QED) is 0.349. The molecule has 31 heavy (non-hydrogen) atoms. The number of rotatable bonds is 9. The van der Waals surface area contributed by atoms with Gasteiger partial charge in [0, 0.05) is 28.5 Å². The van der Waals surface area contributed by atoms with E-state index in [1.807, 2.05) is 36.6 Å². The molecule has 0 unspecified atom stereocenters. The van der Waals surface area contributed by atoms with Crippen molar-refractivity contribution in [3.8, 4) is 0 Å². The zero-order valence-electron chi connectivity index (χ0n) is 17.7. The van der Waals surface area contributed by atoms with Crippen molar-refractivity contribution in [2.75, 3.05) is 12.3 Å². The van der Waals surface area contributed by atoms with Gasteiger partial charge in [0.25, 0.3) is 11.8 Å². The highest BCUT2D eigenvalue weighted by molar-refractivity contribution is 7.98. The molecule has 0 aliphatic carbocycles. The largest absolute Gasteiger partial charge is 0.350 e. The third-order valence-electron chi connectivity index (χ3n) is 4.56. The van der Waals surface area contributed by atoms with Crippen LogP contribution in [0.4, 0.5) is 0 Å². The lowest BCUT2D eigenvalue weighted by Crippen LogP contribution is -2.35. The molecule has 0 atom stereocenters. The second-order valence-electron chi connectivity index (χ2n) is 7.19. The molecule has 0 saturated heterocycles. The van der Waals surface area contributed by atoms with Crippen LogP contribution in [0.1, 0.15) is 31.9 Å². The van der Waals surface area contributed by atoms with Crippen LogP contribution < -0.4 is 10.6 Å². The summed E-state index contributed by atoms with van der Waals surface area (Å²) in [5.41, 5.74) is 4.36. The molecule has 3 rings (SSSR count). The lowest BCUT2D eigenvalue weighted by molar-refractivity contribution is -0.117. The molecule has 0 fully saturated rings. The fourth-order valence-corrected chi connectivity index (χ4v) is 4.26. The van der Waals surface area contributed by atoms with Gasteiger partial charge in [0.1, 0.15) is 5.70 Å². The highest BCUT2D eigenvalue weighted by atomic mass is 32.2. The van der Waals surface area contributed by atoms with E-state index in [4.69, 9.17) is 0 Å². The molecular formula is C25H26N2O2S2. The predicted octanol–water partition coefficient (Wildman–Crippen LogP) is 5.19. The molecule has 2 N–H and O–H groups in total. The molecule has 160 valence electrons. The summed E-state index contributed by atoms with van der Waals surface area (Å²) >= 11 is 3.28. The molecule has 0 saturated carbocycles. The van der Waals surface area contributed by atoms with Gasteiger partial charge in [0.05, 0.1) is 0 Å². The van der Waals surface area contributed by atoms with Crippen molar-refractivity contribution in [2.45, 2.75) is 19.6 Å². The van der Waals surface area contributed by atoms with E-state index in [1.165, 1.54) is 22.5 Å². The Balaban J connectivity index is 1.55. The van der Waals surface area contributed by atoms with Crippen LogP contribution in [0.3, 0.4) is 0 Å². The summed E-state index contributed by atoms with van der Waals surface area (Å²) in [6.45, 7) is 4.57. The van der Waals surface area contributed by atoms with Gasteiger partial charge in [-0.15, -0.1) is 11.3 Å². The minimum absolute atomic E-state index is 0.247. The van der Waals surface area contributed by atoms with Crippen molar-refractivity contribution in [1.82, 2.24) is 10.6 Å². The fourth-order valence-electron chi connectivity index (χ4n) is 2.78. The second kappa shape index (κ2) is 11.5. The molecule has 1 heterocycles. The first-order valence-corrected chi connectivity index (χ1v) is 12.1. The summed E-state index contributed by atoms with van der Waals surface area (Å²) in [5, 5.41) is 7.63. The summed E-state index contributed by atoms with van der Waals surface area (Å²) in [4.78, 5) is 26.3. The SMILES string of the molecule is Cc1ccc(CSCCNC(=O)/C(=C/c2cccs2)NC(=O)c2ccc(C)cc2)cc1. The first-order valence-electron chi connectivity index (χ1n) is 10.1. The van der Waals surface area contributed by atoms with Crippen LogP contribution in [0.5, 0.6) is 0 Å². The maximum Gasteiger partial charge on any atom is 0.267 e. The van der Waals surface area contributed by atoms with Crippen molar-refractivity contribution >= 4 is 41.0 Å². The summed E-state index contributed by atoms with van der Waals surface area (Å²) in [7, 11) is 0. The molecule has 2 aromatic carbocycles. The lowest BCUT2D eigenvalue weighted by Gasteiger charge is -2.11. The Labute approximate surface area is 191 Å². The Morgan fingerprint density at radius 1 is 0.968 bits per heavy atom. The van der Waals surface area contributed by atoms with Crippen LogP contribution in [0.2, 0.25) is 0 Å². The van der Waals surface area contributed by atoms with Crippen LogP contribution in [0.25, 0.3) is 6.08 Å². The van der Waals surface area contributed by atoms with E-state index in [1.54, 1.807) is 30.0 Å². The minimum atomic E-state index is -0.299. The third kappa shape index (κ3) is 7.42. The molecule has 3 aromatic rings. The number of nitrogens with one attached hydrogen (secondary N) is 2. The number of thioether (sulfide) groups is 1. The normalized spacial score (nSPS) is 11.2. The molecule has 2 amide bonds. The summed E-state index contributed by atoms with van der Waals surface area (Å²) in [6, 6.07) is 19.6. The number of benzene rings is 2. The van der Waals surface area contributed by atoms with E-state index in [0.29, 0.717) is 12.1 Å². The summed E-state index contributed by atoms with van der Waals surface area (Å²) in [6.07, 6.45) is 1.71. The molecule has 0 aliphatic rings. The highest BCUT2D eigenvalue weighted by Gasteiger charge is 2.14.